The number of rotatable bonds is 6. The van der Waals surface area contributed by atoms with Crippen molar-refractivity contribution in [3.05, 3.63) is 59.9 Å². The minimum atomic E-state index is -0.815. The van der Waals surface area contributed by atoms with Crippen molar-refractivity contribution in [2.45, 2.75) is 31.5 Å². The summed E-state index contributed by atoms with van der Waals surface area (Å²) in [7, 11) is 0. The first kappa shape index (κ1) is 17.4. The summed E-state index contributed by atoms with van der Waals surface area (Å²) in [4.78, 5) is 16.5. The van der Waals surface area contributed by atoms with Crippen LogP contribution >= 0.6 is 0 Å². The Balaban J connectivity index is 1.48. The zero-order valence-electron chi connectivity index (χ0n) is 14.1. The van der Waals surface area contributed by atoms with E-state index in [4.69, 9.17) is 15.2 Å². The Morgan fingerprint density at radius 2 is 1.96 bits per heavy atom. The predicted molar refractivity (Wildman–Crippen MR) is 93.8 cm³/mol. The smallest absolute Gasteiger partial charge is 0.240 e. The molecule has 1 amide bonds. The number of aromatic nitrogens is 1. The van der Waals surface area contributed by atoms with Crippen LogP contribution in [0.25, 0.3) is 0 Å². The van der Waals surface area contributed by atoms with Crippen LogP contribution in [0.15, 0.2) is 48.7 Å². The highest BCUT2D eigenvalue weighted by Crippen LogP contribution is 2.18. The monoisotopic (exact) mass is 341 g/mol. The fraction of sp³-hybridized carbons (Fsp3) is 0.368. The minimum Gasteiger partial charge on any atom is -0.487 e. The van der Waals surface area contributed by atoms with Crippen LogP contribution in [0.1, 0.15) is 24.1 Å². The normalized spacial score (nSPS) is 16.2. The summed E-state index contributed by atoms with van der Waals surface area (Å²) < 4.78 is 11.0. The van der Waals surface area contributed by atoms with E-state index in [1.807, 2.05) is 42.5 Å². The van der Waals surface area contributed by atoms with E-state index in [0.717, 1.165) is 17.0 Å². The molecule has 0 radical (unpaired) electrons. The van der Waals surface area contributed by atoms with Gasteiger partial charge < -0.3 is 20.5 Å². The highest BCUT2D eigenvalue weighted by atomic mass is 16.5. The van der Waals surface area contributed by atoms with E-state index in [1.165, 1.54) is 0 Å². The van der Waals surface area contributed by atoms with E-state index in [9.17, 15) is 4.79 Å². The quantitative estimate of drug-likeness (QED) is 0.836. The molecule has 0 saturated carbocycles. The van der Waals surface area contributed by atoms with Crippen LogP contribution in [-0.4, -0.2) is 29.6 Å². The Morgan fingerprint density at radius 1 is 1.20 bits per heavy atom. The maximum absolute atomic E-state index is 12.3. The third-order valence-electron chi connectivity index (χ3n) is 4.33. The van der Waals surface area contributed by atoms with Gasteiger partial charge in [-0.1, -0.05) is 18.2 Å². The van der Waals surface area contributed by atoms with Crippen LogP contribution in [0, 0.1) is 0 Å². The molecule has 0 atom stereocenters. The molecule has 2 aromatic rings. The van der Waals surface area contributed by atoms with Gasteiger partial charge in [-0.15, -0.1) is 0 Å². The van der Waals surface area contributed by atoms with Gasteiger partial charge in [-0.2, -0.15) is 0 Å². The van der Waals surface area contributed by atoms with Crippen LogP contribution < -0.4 is 15.8 Å². The number of carbonyl (C=O) groups is 1. The lowest BCUT2D eigenvalue weighted by molar-refractivity contribution is -0.129. The largest absolute Gasteiger partial charge is 0.487 e. The molecule has 1 saturated heterocycles. The van der Waals surface area contributed by atoms with E-state index >= 15 is 0 Å². The van der Waals surface area contributed by atoms with E-state index in [0.29, 0.717) is 39.2 Å². The lowest BCUT2D eigenvalue weighted by Crippen LogP contribution is -2.56. The molecule has 1 fully saturated rings. The maximum atomic E-state index is 12.3. The van der Waals surface area contributed by atoms with Crippen molar-refractivity contribution in [3.63, 3.8) is 0 Å². The summed E-state index contributed by atoms with van der Waals surface area (Å²) in [5, 5.41) is 2.92. The molecule has 1 aliphatic rings. The number of hydrogen-bond donors (Lipinski definition) is 2. The topological polar surface area (TPSA) is 86.5 Å². The van der Waals surface area contributed by atoms with Gasteiger partial charge in [0.15, 0.2) is 0 Å². The van der Waals surface area contributed by atoms with Crippen molar-refractivity contribution < 1.29 is 14.3 Å². The molecule has 1 aromatic carbocycles. The summed E-state index contributed by atoms with van der Waals surface area (Å²) >= 11 is 0. The van der Waals surface area contributed by atoms with Gasteiger partial charge in [-0.25, -0.2) is 0 Å². The fourth-order valence-electron chi connectivity index (χ4n) is 2.67. The van der Waals surface area contributed by atoms with Crippen molar-refractivity contribution in [2.75, 3.05) is 13.2 Å². The lowest BCUT2D eigenvalue weighted by atomic mass is 9.90. The van der Waals surface area contributed by atoms with Gasteiger partial charge in [0, 0.05) is 26.0 Å². The second-order valence-corrected chi connectivity index (χ2v) is 6.20. The molecule has 3 rings (SSSR count). The summed E-state index contributed by atoms with van der Waals surface area (Å²) in [5.41, 5.74) is 7.23. The van der Waals surface area contributed by atoms with Crippen molar-refractivity contribution in [1.82, 2.24) is 10.3 Å². The molecule has 3 N–H and O–H groups in total. The van der Waals surface area contributed by atoms with E-state index in [-0.39, 0.29) is 5.91 Å². The minimum absolute atomic E-state index is 0.119. The Hall–Kier alpha value is -2.44. The number of nitrogens with one attached hydrogen (secondary N) is 1. The van der Waals surface area contributed by atoms with Gasteiger partial charge >= 0.3 is 0 Å². The second-order valence-electron chi connectivity index (χ2n) is 6.20. The van der Waals surface area contributed by atoms with Gasteiger partial charge in [-0.05, 0) is 42.7 Å². The molecular formula is C19H23N3O3. The Morgan fingerprint density at radius 3 is 2.64 bits per heavy atom. The van der Waals surface area contributed by atoms with Crippen molar-refractivity contribution in [3.8, 4) is 5.75 Å². The Kier molecular flexibility index (Phi) is 5.63. The van der Waals surface area contributed by atoms with Crippen molar-refractivity contribution in [2.24, 2.45) is 5.73 Å². The molecule has 0 spiro atoms. The summed E-state index contributed by atoms with van der Waals surface area (Å²) in [6.45, 7) is 1.94. The highest BCUT2D eigenvalue weighted by molar-refractivity contribution is 5.86. The van der Waals surface area contributed by atoms with Crippen molar-refractivity contribution >= 4 is 5.91 Å². The third-order valence-corrected chi connectivity index (χ3v) is 4.33. The number of carbonyl (C=O) groups excluding carboxylic acids is 1. The zero-order valence-corrected chi connectivity index (χ0v) is 14.1. The van der Waals surface area contributed by atoms with Crippen LogP contribution in [0.5, 0.6) is 5.75 Å². The third kappa shape index (κ3) is 4.78. The molecule has 25 heavy (non-hydrogen) atoms. The summed E-state index contributed by atoms with van der Waals surface area (Å²) in [6, 6.07) is 13.4. The predicted octanol–water partition coefficient (Wildman–Crippen LogP) is 1.78. The van der Waals surface area contributed by atoms with Gasteiger partial charge in [0.1, 0.15) is 12.4 Å². The average Bonchev–Trinajstić information content (AvgIpc) is 2.66. The molecule has 132 valence electrons. The number of nitrogens with zero attached hydrogens (tertiary/aromatic N) is 1. The first-order valence-electron chi connectivity index (χ1n) is 8.42. The molecule has 0 unspecified atom stereocenters. The average molecular weight is 341 g/mol. The standard InChI is InChI=1S/C19H23N3O3/c20-19(8-11-24-12-9-19)18(23)22-13-15-4-6-17(7-5-15)25-14-16-3-1-2-10-21-16/h1-7,10H,8-9,11-14,20H2,(H,22,23). The van der Waals surface area contributed by atoms with Crippen LogP contribution in [0.3, 0.4) is 0 Å². The van der Waals surface area contributed by atoms with Crippen LogP contribution in [0.2, 0.25) is 0 Å². The SMILES string of the molecule is NC1(C(=O)NCc2ccc(OCc3ccccn3)cc2)CCOCC1. The Labute approximate surface area is 147 Å². The first-order valence-corrected chi connectivity index (χ1v) is 8.42. The number of pyridine rings is 1. The Bertz CT molecular complexity index is 683. The van der Waals surface area contributed by atoms with E-state index in [1.54, 1.807) is 6.20 Å². The number of amides is 1. The number of nitrogens with two attached hydrogens (primary N) is 1. The fourth-order valence-corrected chi connectivity index (χ4v) is 2.67. The zero-order chi connectivity index (χ0) is 17.5. The number of hydrogen-bond acceptors (Lipinski definition) is 5. The molecule has 6 nitrogen and oxygen atoms in total. The van der Waals surface area contributed by atoms with Gasteiger partial charge in [-0.3, -0.25) is 9.78 Å². The van der Waals surface area contributed by atoms with E-state index < -0.39 is 5.54 Å². The highest BCUT2D eigenvalue weighted by Gasteiger charge is 2.35. The second kappa shape index (κ2) is 8.09. The lowest BCUT2D eigenvalue weighted by Gasteiger charge is -2.31. The summed E-state index contributed by atoms with van der Waals surface area (Å²) in [5.74, 6) is 0.645. The molecular weight excluding hydrogens is 318 g/mol. The van der Waals surface area contributed by atoms with Gasteiger partial charge in [0.2, 0.25) is 5.91 Å². The van der Waals surface area contributed by atoms with Crippen LogP contribution in [-0.2, 0) is 22.7 Å². The van der Waals surface area contributed by atoms with Gasteiger partial charge in [0.05, 0.1) is 11.2 Å². The molecule has 0 aliphatic carbocycles. The molecule has 0 bridgehead atoms. The first-order chi connectivity index (χ1) is 12.2. The number of ether oxygens (including phenoxy) is 2. The van der Waals surface area contributed by atoms with Crippen molar-refractivity contribution in [1.29, 1.82) is 0 Å². The molecule has 2 heterocycles. The van der Waals surface area contributed by atoms with Gasteiger partial charge in [0.25, 0.3) is 0 Å². The number of benzene rings is 1. The van der Waals surface area contributed by atoms with Crippen LogP contribution in [0.4, 0.5) is 0 Å². The maximum Gasteiger partial charge on any atom is 0.240 e. The molecule has 6 heteroatoms. The molecule has 1 aromatic heterocycles. The molecule has 1 aliphatic heterocycles. The van der Waals surface area contributed by atoms with E-state index in [2.05, 4.69) is 10.3 Å². The summed E-state index contributed by atoms with van der Waals surface area (Å²) in [6.07, 6.45) is 2.85.